The van der Waals surface area contributed by atoms with E-state index in [0.29, 0.717) is 0 Å². The summed E-state index contributed by atoms with van der Waals surface area (Å²) in [5, 5.41) is 3.00. The van der Waals surface area contributed by atoms with Crippen molar-refractivity contribution in [3.05, 3.63) is 49.6 Å². The lowest BCUT2D eigenvalue weighted by atomic mass is 10.1. The van der Waals surface area contributed by atoms with Crippen molar-refractivity contribution in [3.8, 4) is 0 Å². The highest BCUT2D eigenvalue weighted by Gasteiger charge is 2.17. The van der Waals surface area contributed by atoms with Crippen LogP contribution < -0.4 is 5.32 Å². The van der Waals surface area contributed by atoms with Gasteiger partial charge in [0.2, 0.25) is 0 Å². The molecule has 3 rings (SSSR count). The van der Waals surface area contributed by atoms with E-state index in [4.69, 9.17) is 0 Å². The maximum Gasteiger partial charge on any atom is 0.265 e. The number of amides is 1. The van der Waals surface area contributed by atoms with Crippen molar-refractivity contribution in [2.24, 2.45) is 0 Å². The van der Waals surface area contributed by atoms with Crippen LogP contribution in [0.3, 0.4) is 0 Å². The van der Waals surface area contributed by atoms with Gasteiger partial charge in [0.15, 0.2) is 0 Å². The predicted octanol–water partition coefficient (Wildman–Crippen LogP) is 5.34. The van der Waals surface area contributed by atoms with E-state index < -0.39 is 0 Å². The first-order valence-corrected chi connectivity index (χ1v) is 8.93. The minimum absolute atomic E-state index is 0.00220. The zero-order valence-corrected chi connectivity index (χ0v) is 14.4. The maximum absolute atomic E-state index is 12.4. The SMILES string of the molecule is Cc1ccc(NC(=O)c2cc3c(s2)CCCCC3)c(Br)c1. The van der Waals surface area contributed by atoms with Crippen molar-refractivity contribution in [2.75, 3.05) is 5.32 Å². The minimum Gasteiger partial charge on any atom is -0.320 e. The van der Waals surface area contributed by atoms with Gasteiger partial charge in [-0.3, -0.25) is 4.79 Å². The molecule has 0 spiro atoms. The Hall–Kier alpha value is -1.13. The summed E-state index contributed by atoms with van der Waals surface area (Å²) < 4.78 is 0.925. The molecule has 2 aromatic rings. The molecule has 2 nitrogen and oxygen atoms in total. The lowest BCUT2D eigenvalue weighted by Crippen LogP contribution is -2.10. The first-order chi connectivity index (χ1) is 10.1. The number of anilines is 1. The van der Waals surface area contributed by atoms with Crippen molar-refractivity contribution in [3.63, 3.8) is 0 Å². The van der Waals surface area contributed by atoms with Crippen molar-refractivity contribution in [1.82, 2.24) is 0 Å². The fourth-order valence-corrected chi connectivity index (χ4v) is 4.43. The van der Waals surface area contributed by atoms with Gasteiger partial charge < -0.3 is 5.32 Å². The highest BCUT2D eigenvalue weighted by Crippen LogP contribution is 2.30. The molecule has 1 aromatic heterocycles. The van der Waals surface area contributed by atoms with Gasteiger partial charge in [0.25, 0.3) is 5.91 Å². The number of nitrogens with one attached hydrogen (secondary N) is 1. The molecule has 0 fully saturated rings. The first-order valence-electron chi connectivity index (χ1n) is 7.32. The van der Waals surface area contributed by atoms with Crippen LogP contribution in [0.2, 0.25) is 0 Å². The van der Waals surface area contributed by atoms with Crippen LogP contribution in [0.15, 0.2) is 28.7 Å². The molecular formula is C17H18BrNOS. The van der Waals surface area contributed by atoms with Gasteiger partial charge in [-0.05, 0) is 77.9 Å². The molecule has 1 aliphatic rings. The summed E-state index contributed by atoms with van der Waals surface area (Å²) in [5.41, 5.74) is 3.38. The molecule has 21 heavy (non-hydrogen) atoms. The fourth-order valence-electron chi connectivity index (χ4n) is 2.68. The van der Waals surface area contributed by atoms with Gasteiger partial charge in [-0.25, -0.2) is 0 Å². The third kappa shape index (κ3) is 3.38. The molecular weight excluding hydrogens is 346 g/mol. The number of benzene rings is 1. The Labute approximate surface area is 137 Å². The highest BCUT2D eigenvalue weighted by atomic mass is 79.9. The Morgan fingerprint density at radius 2 is 2.00 bits per heavy atom. The Bertz CT molecular complexity index is 654. The summed E-state index contributed by atoms with van der Waals surface area (Å²) in [6, 6.07) is 8.04. The second kappa shape index (κ2) is 6.32. The first kappa shape index (κ1) is 14.8. The summed E-state index contributed by atoms with van der Waals surface area (Å²) >= 11 is 5.16. The molecule has 4 heteroatoms. The van der Waals surface area contributed by atoms with Gasteiger partial charge in [-0.15, -0.1) is 11.3 Å². The van der Waals surface area contributed by atoms with Gasteiger partial charge in [-0.1, -0.05) is 12.5 Å². The Morgan fingerprint density at radius 3 is 2.81 bits per heavy atom. The summed E-state index contributed by atoms with van der Waals surface area (Å²) in [6.07, 6.45) is 6.04. The second-order valence-corrected chi connectivity index (χ2v) is 7.55. The Morgan fingerprint density at radius 1 is 1.19 bits per heavy atom. The summed E-state index contributed by atoms with van der Waals surface area (Å²) in [6.45, 7) is 2.03. The van der Waals surface area contributed by atoms with E-state index in [0.717, 1.165) is 27.9 Å². The monoisotopic (exact) mass is 363 g/mol. The topological polar surface area (TPSA) is 29.1 Å². The van der Waals surface area contributed by atoms with Crippen LogP contribution in [0.25, 0.3) is 0 Å². The van der Waals surface area contributed by atoms with Gasteiger partial charge in [0, 0.05) is 9.35 Å². The second-order valence-electron chi connectivity index (χ2n) is 5.56. The van der Waals surface area contributed by atoms with Crippen LogP contribution >= 0.6 is 27.3 Å². The lowest BCUT2D eigenvalue weighted by Gasteiger charge is -2.07. The highest BCUT2D eigenvalue weighted by molar-refractivity contribution is 9.10. The number of carbonyl (C=O) groups is 1. The molecule has 0 saturated carbocycles. The van der Waals surface area contributed by atoms with Crippen molar-refractivity contribution >= 4 is 38.9 Å². The van der Waals surface area contributed by atoms with Gasteiger partial charge >= 0.3 is 0 Å². The quantitative estimate of drug-likeness (QED) is 0.716. The summed E-state index contributed by atoms with van der Waals surface area (Å²) in [4.78, 5) is 14.7. The molecule has 1 aliphatic carbocycles. The maximum atomic E-state index is 12.4. The van der Waals surface area contributed by atoms with Crippen LogP contribution in [0.4, 0.5) is 5.69 Å². The van der Waals surface area contributed by atoms with Crippen LogP contribution in [0, 0.1) is 6.92 Å². The van der Waals surface area contributed by atoms with E-state index in [9.17, 15) is 4.79 Å². The lowest BCUT2D eigenvalue weighted by molar-refractivity contribution is 0.103. The Kier molecular flexibility index (Phi) is 4.45. The van der Waals surface area contributed by atoms with E-state index >= 15 is 0 Å². The minimum atomic E-state index is -0.00220. The van der Waals surface area contributed by atoms with Crippen molar-refractivity contribution in [2.45, 2.75) is 39.0 Å². The average Bonchev–Trinajstić information content (AvgIpc) is 2.73. The molecule has 0 unspecified atom stereocenters. The molecule has 0 radical (unpaired) electrons. The van der Waals surface area contributed by atoms with E-state index in [-0.39, 0.29) is 5.91 Å². The molecule has 0 bridgehead atoms. The van der Waals surface area contributed by atoms with Crippen LogP contribution in [-0.2, 0) is 12.8 Å². The number of thiophene rings is 1. The number of fused-ring (bicyclic) bond motifs is 1. The molecule has 0 saturated heterocycles. The third-order valence-electron chi connectivity index (χ3n) is 3.84. The van der Waals surface area contributed by atoms with Crippen molar-refractivity contribution in [1.29, 1.82) is 0 Å². The van der Waals surface area contributed by atoms with Gasteiger partial charge in [0.05, 0.1) is 10.6 Å². The Balaban J connectivity index is 1.79. The average molecular weight is 364 g/mol. The third-order valence-corrected chi connectivity index (χ3v) is 5.74. The van der Waals surface area contributed by atoms with Crippen LogP contribution in [0.1, 0.15) is 44.9 Å². The predicted molar refractivity (Wildman–Crippen MR) is 92.4 cm³/mol. The fraction of sp³-hybridized carbons (Fsp3) is 0.353. The zero-order chi connectivity index (χ0) is 14.8. The van der Waals surface area contributed by atoms with Crippen LogP contribution in [0.5, 0.6) is 0 Å². The van der Waals surface area contributed by atoms with Gasteiger partial charge in [-0.2, -0.15) is 0 Å². The summed E-state index contributed by atoms with van der Waals surface area (Å²) in [5.74, 6) is -0.00220. The standard InChI is InChI=1S/C17H18BrNOS/c1-11-7-8-14(13(18)9-11)19-17(20)16-10-12-5-3-2-4-6-15(12)21-16/h7-10H,2-6H2,1H3,(H,19,20). The number of halogens is 1. The smallest absolute Gasteiger partial charge is 0.265 e. The number of hydrogen-bond donors (Lipinski definition) is 1. The number of rotatable bonds is 2. The summed E-state index contributed by atoms with van der Waals surface area (Å²) in [7, 11) is 0. The molecule has 0 aliphatic heterocycles. The molecule has 0 atom stereocenters. The largest absolute Gasteiger partial charge is 0.320 e. The molecule has 110 valence electrons. The van der Waals surface area contributed by atoms with Gasteiger partial charge in [0.1, 0.15) is 0 Å². The molecule has 1 heterocycles. The van der Waals surface area contributed by atoms with E-state index in [1.165, 1.54) is 35.3 Å². The molecule has 1 amide bonds. The zero-order valence-electron chi connectivity index (χ0n) is 12.0. The van der Waals surface area contributed by atoms with Crippen LogP contribution in [-0.4, -0.2) is 5.91 Å². The number of carbonyl (C=O) groups excluding carboxylic acids is 1. The van der Waals surface area contributed by atoms with Crippen molar-refractivity contribution < 1.29 is 4.79 Å². The van der Waals surface area contributed by atoms with E-state index in [1.807, 2.05) is 25.1 Å². The molecule has 1 N–H and O–H groups in total. The number of hydrogen-bond acceptors (Lipinski definition) is 2. The molecule has 1 aromatic carbocycles. The normalized spacial score (nSPS) is 14.4. The number of aryl methyl sites for hydroxylation is 3. The van der Waals surface area contributed by atoms with E-state index in [2.05, 4.69) is 27.3 Å². The van der Waals surface area contributed by atoms with E-state index in [1.54, 1.807) is 11.3 Å².